The maximum atomic E-state index is 7.35. The molecule has 0 aliphatic heterocycles. The van der Waals surface area contributed by atoms with Gasteiger partial charge in [-0.25, -0.2) is 15.0 Å². The molecule has 0 atom stereocenters. The molecule has 6 nitrogen and oxygen atoms in total. The van der Waals surface area contributed by atoms with Crippen LogP contribution in [-0.4, -0.2) is 24.7 Å². The molecule has 96 valence electrons. The lowest BCUT2D eigenvalue weighted by atomic mass is 10.3. The van der Waals surface area contributed by atoms with Gasteiger partial charge < -0.3 is 5.32 Å². The fourth-order valence-corrected chi connectivity index (χ4v) is 1.86. The lowest BCUT2D eigenvalue weighted by molar-refractivity contribution is 0.551. The van der Waals surface area contributed by atoms with Crippen LogP contribution in [0.25, 0.3) is 10.9 Å². The SMILES string of the molecule is [2H]c1cnc(Nc2cc3c(cn2)cnn3C(C)C)nc1. The van der Waals surface area contributed by atoms with Gasteiger partial charge in [-0.2, -0.15) is 5.10 Å². The summed E-state index contributed by atoms with van der Waals surface area (Å²) in [7, 11) is 0. The molecule has 3 aromatic rings. The normalized spacial score (nSPS) is 11.8. The number of fused-ring (bicyclic) bond motifs is 1. The zero-order valence-electron chi connectivity index (χ0n) is 11.7. The molecule has 0 aromatic carbocycles. The van der Waals surface area contributed by atoms with Crippen LogP contribution in [0, 0.1) is 0 Å². The number of rotatable bonds is 3. The molecule has 0 saturated carbocycles. The van der Waals surface area contributed by atoms with E-state index >= 15 is 0 Å². The second-order valence-electron chi connectivity index (χ2n) is 4.44. The lowest BCUT2D eigenvalue weighted by Gasteiger charge is -2.08. The highest BCUT2D eigenvalue weighted by Gasteiger charge is 2.07. The van der Waals surface area contributed by atoms with E-state index in [0.717, 1.165) is 10.9 Å². The Hall–Kier alpha value is -2.50. The van der Waals surface area contributed by atoms with Crippen LogP contribution in [-0.2, 0) is 0 Å². The summed E-state index contributed by atoms with van der Waals surface area (Å²) in [6.45, 7) is 4.16. The van der Waals surface area contributed by atoms with Gasteiger partial charge in [-0.3, -0.25) is 4.68 Å². The number of hydrogen-bond donors (Lipinski definition) is 1. The van der Waals surface area contributed by atoms with E-state index in [1.807, 2.05) is 10.7 Å². The van der Waals surface area contributed by atoms with Crippen molar-refractivity contribution < 1.29 is 1.37 Å². The Balaban J connectivity index is 1.95. The molecule has 0 saturated heterocycles. The van der Waals surface area contributed by atoms with Crippen molar-refractivity contribution in [1.82, 2.24) is 24.7 Å². The molecule has 3 aromatic heterocycles. The first-order valence-electron chi connectivity index (χ1n) is 6.52. The fraction of sp³-hybridized carbons (Fsp3) is 0.231. The second-order valence-corrected chi connectivity index (χ2v) is 4.44. The zero-order valence-corrected chi connectivity index (χ0v) is 10.7. The summed E-state index contributed by atoms with van der Waals surface area (Å²) in [5, 5.41) is 8.36. The van der Waals surface area contributed by atoms with Crippen molar-refractivity contribution >= 4 is 22.7 Å². The van der Waals surface area contributed by atoms with Crippen molar-refractivity contribution in [2.24, 2.45) is 0 Å². The average molecular weight is 255 g/mol. The zero-order chi connectivity index (χ0) is 14.1. The molecule has 3 rings (SSSR count). The van der Waals surface area contributed by atoms with Crippen LogP contribution in [0.3, 0.4) is 0 Å². The van der Waals surface area contributed by atoms with Crippen molar-refractivity contribution in [1.29, 1.82) is 0 Å². The molecule has 3 heterocycles. The van der Waals surface area contributed by atoms with Gasteiger partial charge in [-0.05, 0) is 19.9 Å². The van der Waals surface area contributed by atoms with Gasteiger partial charge in [0.1, 0.15) is 5.82 Å². The van der Waals surface area contributed by atoms with Crippen LogP contribution < -0.4 is 5.32 Å². The molecule has 0 fully saturated rings. The van der Waals surface area contributed by atoms with E-state index in [4.69, 9.17) is 1.37 Å². The Morgan fingerprint density at radius 1 is 1.21 bits per heavy atom. The van der Waals surface area contributed by atoms with E-state index in [1.54, 1.807) is 12.4 Å². The van der Waals surface area contributed by atoms with Crippen molar-refractivity contribution in [3.05, 3.63) is 36.9 Å². The minimum absolute atomic E-state index is 0.275. The third kappa shape index (κ3) is 2.24. The van der Waals surface area contributed by atoms with Gasteiger partial charge in [-0.15, -0.1) is 0 Å². The van der Waals surface area contributed by atoms with Crippen molar-refractivity contribution in [3.63, 3.8) is 0 Å². The Labute approximate surface area is 111 Å². The number of aromatic nitrogens is 5. The quantitative estimate of drug-likeness (QED) is 0.779. The number of nitrogens with one attached hydrogen (secondary N) is 1. The van der Waals surface area contributed by atoms with E-state index in [2.05, 4.69) is 39.2 Å². The number of pyridine rings is 1. The topological polar surface area (TPSA) is 68.5 Å². The van der Waals surface area contributed by atoms with Crippen LogP contribution in [0.2, 0.25) is 0 Å². The van der Waals surface area contributed by atoms with Gasteiger partial charge in [0.25, 0.3) is 0 Å². The molecule has 19 heavy (non-hydrogen) atoms. The van der Waals surface area contributed by atoms with E-state index in [9.17, 15) is 0 Å². The average Bonchev–Trinajstić information content (AvgIpc) is 2.84. The maximum absolute atomic E-state index is 7.35. The Morgan fingerprint density at radius 2 is 2.00 bits per heavy atom. The maximum Gasteiger partial charge on any atom is 0.228 e. The minimum atomic E-state index is 0.275. The second kappa shape index (κ2) is 4.64. The van der Waals surface area contributed by atoms with Crippen LogP contribution in [0.15, 0.2) is 36.9 Å². The molecule has 0 aliphatic rings. The smallest absolute Gasteiger partial charge is 0.228 e. The number of anilines is 2. The van der Waals surface area contributed by atoms with Gasteiger partial charge in [0.05, 0.1) is 13.1 Å². The van der Waals surface area contributed by atoms with Crippen LogP contribution in [0.4, 0.5) is 11.8 Å². The number of hydrogen-bond acceptors (Lipinski definition) is 5. The van der Waals surface area contributed by atoms with Gasteiger partial charge in [0.15, 0.2) is 0 Å². The van der Waals surface area contributed by atoms with Gasteiger partial charge in [0, 0.05) is 36.1 Å². The summed E-state index contributed by atoms with van der Waals surface area (Å²) in [6, 6.07) is 2.47. The van der Waals surface area contributed by atoms with E-state index in [1.165, 1.54) is 12.4 Å². The van der Waals surface area contributed by atoms with Crippen molar-refractivity contribution in [3.8, 4) is 0 Å². The highest BCUT2D eigenvalue weighted by molar-refractivity contribution is 5.80. The molecule has 1 N–H and O–H groups in total. The van der Waals surface area contributed by atoms with E-state index < -0.39 is 0 Å². The van der Waals surface area contributed by atoms with Crippen molar-refractivity contribution in [2.75, 3.05) is 5.32 Å². The molecule has 0 unspecified atom stereocenters. The van der Waals surface area contributed by atoms with Crippen molar-refractivity contribution in [2.45, 2.75) is 19.9 Å². The third-order valence-electron chi connectivity index (χ3n) is 2.73. The molecule has 0 bridgehead atoms. The lowest BCUT2D eigenvalue weighted by Crippen LogP contribution is -2.03. The molecule has 6 heteroatoms. The summed E-state index contributed by atoms with van der Waals surface area (Å²) in [5.41, 5.74) is 1.01. The third-order valence-corrected chi connectivity index (χ3v) is 2.73. The summed E-state index contributed by atoms with van der Waals surface area (Å²) in [4.78, 5) is 12.4. The largest absolute Gasteiger partial charge is 0.309 e. The summed E-state index contributed by atoms with van der Waals surface area (Å²) in [6.07, 6.45) is 6.44. The molecule has 0 aliphatic carbocycles. The summed E-state index contributed by atoms with van der Waals surface area (Å²) < 4.78 is 9.29. The van der Waals surface area contributed by atoms with Crippen LogP contribution in [0.1, 0.15) is 21.3 Å². The van der Waals surface area contributed by atoms with E-state index in [-0.39, 0.29) is 12.1 Å². The van der Waals surface area contributed by atoms with Gasteiger partial charge >= 0.3 is 0 Å². The van der Waals surface area contributed by atoms with Gasteiger partial charge in [0.2, 0.25) is 5.95 Å². The summed E-state index contributed by atoms with van der Waals surface area (Å²) in [5.74, 6) is 1.07. The monoisotopic (exact) mass is 255 g/mol. The predicted octanol–water partition coefficient (Wildman–Crippen LogP) is 2.55. The molecule has 0 radical (unpaired) electrons. The predicted molar refractivity (Wildman–Crippen MR) is 73.2 cm³/mol. The number of nitrogens with zero attached hydrogens (tertiary/aromatic N) is 5. The Kier molecular flexibility index (Phi) is 2.55. The first-order chi connectivity index (χ1) is 9.63. The molecular weight excluding hydrogens is 240 g/mol. The van der Waals surface area contributed by atoms with E-state index in [0.29, 0.717) is 11.8 Å². The fourth-order valence-electron chi connectivity index (χ4n) is 1.86. The van der Waals surface area contributed by atoms with Crippen LogP contribution >= 0.6 is 0 Å². The van der Waals surface area contributed by atoms with Gasteiger partial charge in [-0.1, -0.05) is 0 Å². The minimum Gasteiger partial charge on any atom is -0.309 e. The van der Waals surface area contributed by atoms with Crippen LogP contribution in [0.5, 0.6) is 0 Å². The first kappa shape index (κ1) is 10.4. The Bertz CT molecular complexity index is 734. The molecule has 0 amide bonds. The highest BCUT2D eigenvalue weighted by Crippen LogP contribution is 2.20. The first-order valence-corrected chi connectivity index (χ1v) is 6.02. The standard InChI is InChI=1S/C13H14N6/c1-9(2)19-11-6-12(16-7-10(11)8-17-19)18-13-14-4-3-5-15-13/h3-9H,1-2H3,(H,14,15,16,18)/i3D. The summed E-state index contributed by atoms with van der Waals surface area (Å²) >= 11 is 0. The Morgan fingerprint density at radius 3 is 2.74 bits per heavy atom. The highest BCUT2D eigenvalue weighted by atomic mass is 15.3. The molecule has 0 spiro atoms. The molecular formula is C13H14N6.